The number of imide groups is 1. The van der Waals surface area contributed by atoms with E-state index in [2.05, 4.69) is 10.2 Å². The first-order valence-corrected chi connectivity index (χ1v) is 12.5. The maximum absolute atomic E-state index is 13.6. The van der Waals surface area contributed by atoms with Crippen LogP contribution in [-0.2, 0) is 9.84 Å². The summed E-state index contributed by atoms with van der Waals surface area (Å²) < 4.78 is 41.1. The molecule has 0 bridgehead atoms. The molecule has 1 aliphatic heterocycles. The number of carbonyl (C=O) groups is 2. The molecular weight excluding hydrogens is 462 g/mol. The third-order valence-corrected chi connectivity index (χ3v) is 6.27. The van der Waals surface area contributed by atoms with Gasteiger partial charge in [0.2, 0.25) is 11.8 Å². The predicted molar refractivity (Wildman–Crippen MR) is 122 cm³/mol. The molecule has 10 nitrogen and oxygen atoms in total. The third kappa shape index (κ3) is 4.26. The fourth-order valence-corrected chi connectivity index (χ4v) is 4.86. The fourth-order valence-electron chi connectivity index (χ4n) is 3.95. The van der Waals surface area contributed by atoms with E-state index in [9.17, 15) is 18.0 Å². The van der Waals surface area contributed by atoms with Crippen LogP contribution in [0.1, 0.15) is 45.1 Å². The van der Waals surface area contributed by atoms with E-state index in [1.54, 1.807) is 44.2 Å². The number of hydrogen-bond donors (Lipinski definition) is 0. The molecule has 11 heteroatoms. The highest BCUT2D eigenvalue weighted by Crippen LogP contribution is 2.39. The molecule has 0 fully saturated rings. The van der Waals surface area contributed by atoms with E-state index in [0.717, 1.165) is 11.2 Å². The lowest BCUT2D eigenvalue weighted by Gasteiger charge is -2.26. The quantitative estimate of drug-likeness (QED) is 0.442. The summed E-state index contributed by atoms with van der Waals surface area (Å²) in [5, 5.41) is 7.76. The molecule has 178 valence electrons. The number of hydrogen-bond acceptors (Lipinski definition) is 9. The first kappa shape index (κ1) is 23.4. The molecule has 4 rings (SSSR count). The second-order valence-corrected chi connectivity index (χ2v) is 9.97. The van der Waals surface area contributed by atoms with Gasteiger partial charge in [-0.05, 0) is 36.8 Å². The summed E-state index contributed by atoms with van der Waals surface area (Å²) in [5.74, 6) is -0.502. The first-order valence-electron chi connectivity index (χ1n) is 10.4. The van der Waals surface area contributed by atoms with E-state index >= 15 is 0 Å². The minimum atomic E-state index is -3.60. The number of aromatic nitrogens is 2. The summed E-state index contributed by atoms with van der Waals surface area (Å²) >= 11 is 0. The summed E-state index contributed by atoms with van der Waals surface area (Å²) in [6, 6.07) is 8.44. The molecule has 2 aromatic carbocycles. The lowest BCUT2D eigenvalue weighted by atomic mass is 10.0. The molecule has 0 N–H and O–H groups in total. The molecule has 1 atom stereocenters. The first-order chi connectivity index (χ1) is 16.1. The number of benzene rings is 2. The molecule has 0 radical (unpaired) electrons. The van der Waals surface area contributed by atoms with Gasteiger partial charge in [0.05, 0.1) is 42.2 Å². The number of sulfone groups is 1. The molecule has 1 unspecified atom stereocenters. The van der Waals surface area contributed by atoms with Gasteiger partial charge in [-0.25, -0.2) is 8.42 Å². The molecule has 0 spiro atoms. The Hall–Kier alpha value is -3.73. The van der Waals surface area contributed by atoms with Crippen molar-refractivity contribution in [2.75, 3.05) is 25.7 Å². The van der Waals surface area contributed by atoms with E-state index in [1.165, 1.54) is 13.2 Å². The molecule has 2 amide bonds. The number of aryl methyl sites for hydroxylation is 1. The van der Waals surface area contributed by atoms with Crippen molar-refractivity contribution in [1.82, 2.24) is 15.1 Å². The number of rotatable bonds is 8. The fraction of sp³-hybridized carbons (Fsp3) is 0.304. The van der Waals surface area contributed by atoms with Crippen molar-refractivity contribution >= 4 is 21.7 Å². The van der Waals surface area contributed by atoms with Gasteiger partial charge in [-0.1, -0.05) is 12.1 Å². The van der Waals surface area contributed by atoms with E-state index in [-0.39, 0.29) is 17.0 Å². The normalized spacial score (nSPS) is 14.3. The summed E-state index contributed by atoms with van der Waals surface area (Å²) in [6.07, 6.45) is 1.05. The Morgan fingerprint density at radius 3 is 2.41 bits per heavy atom. The lowest BCUT2D eigenvalue weighted by Crippen LogP contribution is -2.37. The van der Waals surface area contributed by atoms with Gasteiger partial charge >= 0.3 is 0 Å². The number of fused-ring (bicyclic) bond motifs is 1. The molecular formula is C23H23N3O7S. The molecule has 1 aromatic heterocycles. The second kappa shape index (κ2) is 8.90. The highest BCUT2D eigenvalue weighted by atomic mass is 32.2. The zero-order chi connectivity index (χ0) is 24.6. The average Bonchev–Trinajstić information content (AvgIpc) is 3.33. The molecule has 34 heavy (non-hydrogen) atoms. The van der Waals surface area contributed by atoms with Crippen molar-refractivity contribution in [1.29, 1.82) is 0 Å². The van der Waals surface area contributed by atoms with Gasteiger partial charge in [0, 0.05) is 13.2 Å². The van der Waals surface area contributed by atoms with Crippen LogP contribution in [0.15, 0.2) is 40.8 Å². The molecule has 3 aromatic rings. The van der Waals surface area contributed by atoms with Crippen LogP contribution in [0.5, 0.6) is 11.5 Å². The van der Waals surface area contributed by atoms with E-state index in [1.807, 2.05) is 0 Å². The van der Waals surface area contributed by atoms with Crippen LogP contribution in [0.3, 0.4) is 0 Å². The van der Waals surface area contributed by atoms with Gasteiger partial charge in [0.1, 0.15) is 9.84 Å². The van der Waals surface area contributed by atoms with E-state index in [0.29, 0.717) is 35.1 Å². The van der Waals surface area contributed by atoms with Crippen molar-refractivity contribution < 1.29 is 31.9 Å². The topological polar surface area (TPSA) is 129 Å². The minimum Gasteiger partial charge on any atom is -0.493 e. The Balaban J connectivity index is 1.84. The number of nitrogens with zero attached hydrogens (tertiary/aromatic N) is 3. The van der Waals surface area contributed by atoms with Crippen LogP contribution in [0.25, 0.3) is 11.5 Å². The van der Waals surface area contributed by atoms with Gasteiger partial charge in [0.25, 0.3) is 11.8 Å². The molecule has 0 saturated carbocycles. The van der Waals surface area contributed by atoms with Crippen molar-refractivity contribution in [3.05, 3.63) is 59.0 Å². The average molecular weight is 486 g/mol. The van der Waals surface area contributed by atoms with Gasteiger partial charge in [-0.3, -0.25) is 14.5 Å². The predicted octanol–water partition coefficient (Wildman–Crippen LogP) is 2.83. The van der Waals surface area contributed by atoms with Crippen LogP contribution in [0.4, 0.5) is 0 Å². The largest absolute Gasteiger partial charge is 0.493 e. The highest BCUT2D eigenvalue weighted by Gasteiger charge is 2.44. The minimum absolute atomic E-state index is 0.0909. The molecule has 1 aliphatic rings. The Bertz CT molecular complexity index is 1380. The summed E-state index contributed by atoms with van der Waals surface area (Å²) in [5.41, 5.74) is 0.949. The Kier molecular flexibility index (Phi) is 6.13. The maximum Gasteiger partial charge on any atom is 0.262 e. The van der Waals surface area contributed by atoms with Gasteiger partial charge in [-0.2, -0.15) is 0 Å². The van der Waals surface area contributed by atoms with Crippen LogP contribution in [-0.4, -0.2) is 61.1 Å². The number of amides is 2. The highest BCUT2D eigenvalue weighted by molar-refractivity contribution is 7.90. The molecule has 2 heterocycles. The standard InChI is InChI=1S/C23H23N3O7S/c1-5-32-19-11-14(9-10-18(19)31-3)17(12-34(4,29)30)26-22(27)16-8-6-7-15(20(16)23(26)28)21-25-24-13(2)33-21/h6-11,17H,5,12H2,1-4H3. The van der Waals surface area contributed by atoms with Crippen LogP contribution < -0.4 is 9.47 Å². The van der Waals surface area contributed by atoms with Gasteiger partial charge in [-0.15, -0.1) is 10.2 Å². The second-order valence-electron chi connectivity index (χ2n) is 7.79. The van der Waals surface area contributed by atoms with Crippen LogP contribution in [0.2, 0.25) is 0 Å². The third-order valence-electron chi connectivity index (χ3n) is 5.35. The SMILES string of the molecule is CCOc1cc(C(CS(C)(=O)=O)N2C(=O)c3cccc(-c4nnc(C)o4)c3C2=O)ccc1OC. The van der Waals surface area contributed by atoms with Gasteiger partial charge in [0.15, 0.2) is 11.5 Å². The molecule has 0 aliphatic carbocycles. The van der Waals surface area contributed by atoms with Crippen molar-refractivity contribution in [2.24, 2.45) is 0 Å². The van der Waals surface area contributed by atoms with Crippen molar-refractivity contribution in [3.63, 3.8) is 0 Å². The summed E-state index contributed by atoms with van der Waals surface area (Å²) in [7, 11) is -2.12. The van der Waals surface area contributed by atoms with E-state index < -0.39 is 33.4 Å². The van der Waals surface area contributed by atoms with Crippen LogP contribution >= 0.6 is 0 Å². The van der Waals surface area contributed by atoms with E-state index in [4.69, 9.17) is 13.9 Å². The van der Waals surface area contributed by atoms with Crippen molar-refractivity contribution in [2.45, 2.75) is 19.9 Å². The Morgan fingerprint density at radius 1 is 1.06 bits per heavy atom. The smallest absolute Gasteiger partial charge is 0.262 e. The Labute approximate surface area is 196 Å². The van der Waals surface area contributed by atoms with Gasteiger partial charge < -0.3 is 13.9 Å². The summed E-state index contributed by atoms with van der Waals surface area (Å²) in [6.45, 7) is 3.75. The van der Waals surface area contributed by atoms with Crippen LogP contribution in [0, 0.1) is 6.92 Å². The monoisotopic (exact) mass is 485 g/mol. The van der Waals surface area contributed by atoms with Crippen molar-refractivity contribution in [3.8, 4) is 23.0 Å². The Morgan fingerprint density at radius 2 is 1.79 bits per heavy atom. The summed E-state index contributed by atoms with van der Waals surface area (Å²) in [4.78, 5) is 28.0. The number of ether oxygens (including phenoxy) is 2. The lowest BCUT2D eigenvalue weighted by molar-refractivity contribution is 0.0597. The number of carbonyl (C=O) groups excluding carboxylic acids is 2. The maximum atomic E-state index is 13.6. The molecule has 0 saturated heterocycles. The zero-order valence-corrected chi connectivity index (χ0v) is 19.9. The zero-order valence-electron chi connectivity index (χ0n) is 19.1. The number of methoxy groups -OCH3 is 1.